The Morgan fingerprint density at radius 1 is 1.73 bits per heavy atom. The highest BCUT2D eigenvalue weighted by atomic mass is 32.1. The molecule has 0 spiro atoms. The maximum Gasteiger partial charge on any atom is 0.122 e. The Balaban J connectivity index is 2.37. The Morgan fingerprint density at radius 3 is 3.09 bits per heavy atom. The van der Waals surface area contributed by atoms with Crippen LogP contribution in [0.25, 0.3) is 0 Å². The fraction of sp³-hybridized carbons (Fsp3) is 0.429. The lowest BCUT2D eigenvalue weighted by Crippen LogP contribution is -1.95. The van der Waals surface area contributed by atoms with Crippen molar-refractivity contribution >= 4 is 17.6 Å². The summed E-state index contributed by atoms with van der Waals surface area (Å²) in [6.07, 6.45) is 3.55. The summed E-state index contributed by atoms with van der Waals surface area (Å²) in [5.41, 5.74) is 1.76. The van der Waals surface area contributed by atoms with Crippen molar-refractivity contribution in [1.82, 2.24) is 4.98 Å². The van der Waals surface area contributed by atoms with Crippen LogP contribution in [0.4, 0.5) is 0 Å². The first kappa shape index (κ1) is 8.20. The average Bonchev–Trinajstić information content (AvgIpc) is 2.39. The Labute approximate surface area is 69.7 Å². The summed E-state index contributed by atoms with van der Waals surface area (Å²) in [5, 5.41) is 3.76. The van der Waals surface area contributed by atoms with Gasteiger partial charge < -0.3 is 4.84 Å². The van der Waals surface area contributed by atoms with Gasteiger partial charge in [0, 0.05) is 6.20 Å². The van der Waals surface area contributed by atoms with Crippen LogP contribution in [0.2, 0.25) is 0 Å². The highest BCUT2D eigenvalue weighted by Gasteiger charge is 1.89. The molecule has 60 valence electrons. The van der Waals surface area contributed by atoms with Crippen molar-refractivity contribution in [3.05, 3.63) is 16.6 Å². The molecule has 0 N–H and O–H groups in total. The molecular formula is C7H10N2OS. The van der Waals surface area contributed by atoms with E-state index in [2.05, 4.69) is 10.1 Å². The lowest BCUT2D eigenvalue weighted by molar-refractivity contribution is 0.0874. The van der Waals surface area contributed by atoms with Gasteiger partial charge in [0.1, 0.15) is 6.10 Å². The van der Waals surface area contributed by atoms with Crippen LogP contribution in [0.1, 0.15) is 18.7 Å². The van der Waals surface area contributed by atoms with E-state index >= 15 is 0 Å². The molecule has 0 radical (unpaired) electrons. The summed E-state index contributed by atoms with van der Waals surface area (Å²) in [6.45, 7) is 3.87. The van der Waals surface area contributed by atoms with E-state index < -0.39 is 0 Å². The fourth-order valence-electron chi connectivity index (χ4n) is 0.493. The smallest absolute Gasteiger partial charge is 0.122 e. The van der Waals surface area contributed by atoms with E-state index in [1.165, 1.54) is 11.3 Å². The minimum Gasteiger partial charge on any atom is -0.393 e. The molecule has 1 aromatic heterocycles. The van der Waals surface area contributed by atoms with Crippen LogP contribution in [-0.2, 0) is 4.84 Å². The number of nitrogens with zero attached hydrogens (tertiary/aromatic N) is 2. The summed E-state index contributed by atoms with van der Waals surface area (Å²) >= 11 is 1.53. The molecule has 1 heterocycles. The molecule has 0 saturated heterocycles. The molecule has 0 aliphatic carbocycles. The van der Waals surface area contributed by atoms with Gasteiger partial charge in [-0.05, 0) is 13.8 Å². The van der Waals surface area contributed by atoms with E-state index in [0.29, 0.717) is 0 Å². The first-order chi connectivity index (χ1) is 5.29. The number of thiazole rings is 1. The van der Waals surface area contributed by atoms with Crippen LogP contribution >= 0.6 is 11.3 Å². The van der Waals surface area contributed by atoms with Gasteiger partial charge in [-0.1, -0.05) is 5.16 Å². The van der Waals surface area contributed by atoms with E-state index in [-0.39, 0.29) is 6.10 Å². The van der Waals surface area contributed by atoms with Gasteiger partial charge in [-0.25, -0.2) is 0 Å². The number of aromatic nitrogens is 1. The second-order valence-corrected chi connectivity index (χ2v) is 3.21. The normalized spacial score (nSPS) is 11.2. The van der Waals surface area contributed by atoms with E-state index in [1.807, 2.05) is 13.8 Å². The minimum atomic E-state index is 0.138. The molecule has 3 nitrogen and oxygen atoms in total. The molecule has 0 aliphatic heterocycles. The van der Waals surface area contributed by atoms with Crippen LogP contribution in [0, 0.1) is 0 Å². The zero-order valence-electron chi connectivity index (χ0n) is 6.52. The lowest BCUT2D eigenvalue weighted by Gasteiger charge is -1.98. The van der Waals surface area contributed by atoms with Crippen molar-refractivity contribution in [2.45, 2.75) is 20.0 Å². The van der Waals surface area contributed by atoms with Gasteiger partial charge >= 0.3 is 0 Å². The Hall–Kier alpha value is -0.900. The van der Waals surface area contributed by atoms with Gasteiger partial charge in [-0.15, -0.1) is 11.3 Å². The zero-order chi connectivity index (χ0) is 8.10. The standard InChI is InChI=1S/C7H10N2OS/c1-6(2)10-9-4-7-3-8-5-11-7/h3-6H,1-2H3. The molecule has 0 saturated carbocycles. The number of hydrogen-bond donors (Lipinski definition) is 0. The Bertz CT molecular complexity index is 218. The van der Waals surface area contributed by atoms with Crippen molar-refractivity contribution in [3.63, 3.8) is 0 Å². The van der Waals surface area contributed by atoms with Gasteiger partial charge in [-0.2, -0.15) is 0 Å². The van der Waals surface area contributed by atoms with Crippen LogP contribution in [0.15, 0.2) is 16.9 Å². The average molecular weight is 170 g/mol. The molecule has 11 heavy (non-hydrogen) atoms. The summed E-state index contributed by atoms with van der Waals surface area (Å²) in [6, 6.07) is 0. The second kappa shape index (κ2) is 4.08. The second-order valence-electron chi connectivity index (χ2n) is 2.29. The van der Waals surface area contributed by atoms with Gasteiger partial charge in [0.05, 0.1) is 16.6 Å². The summed E-state index contributed by atoms with van der Waals surface area (Å²) < 4.78 is 0. The van der Waals surface area contributed by atoms with Gasteiger partial charge in [0.25, 0.3) is 0 Å². The van der Waals surface area contributed by atoms with E-state index in [1.54, 1.807) is 17.9 Å². The van der Waals surface area contributed by atoms with Crippen molar-refractivity contribution in [2.24, 2.45) is 5.16 Å². The molecule has 0 unspecified atom stereocenters. The maximum atomic E-state index is 4.96. The third-order valence-electron chi connectivity index (χ3n) is 0.903. The Morgan fingerprint density at radius 2 is 2.55 bits per heavy atom. The monoisotopic (exact) mass is 170 g/mol. The van der Waals surface area contributed by atoms with Gasteiger partial charge in [0.15, 0.2) is 0 Å². The third kappa shape index (κ3) is 3.13. The highest BCUT2D eigenvalue weighted by molar-refractivity contribution is 7.11. The van der Waals surface area contributed by atoms with E-state index in [9.17, 15) is 0 Å². The zero-order valence-corrected chi connectivity index (χ0v) is 7.34. The van der Waals surface area contributed by atoms with Gasteiger partial charge in [0.2, 0.25) is 0 Å². The molecule has 4 heteroatoms. The third-order valence-corrected chi connectivity index (χ3v) is 1.61. The SMILES string of the molecule is CC(C)ON=Cc1cncs1. The number of rotatable bonds is 3. The molecule has 0 atom stereocenters. The number of oxime groups is 1. The predicted octanol–water partition coefficient (Wildman–Crippen LogP) is 1.90. The first-order valence-corrected chi connectivity index (χ1v) is 4.24. The van der Waals surface area contributed by atoms with Crippen molar-refractivity contribution in [3.8, 4) is 0 Å². The first-order valence-electron chi connectivity index (χ1n) is 3.36. The Kier molecular flexibility index (Phi) is 3.04. The maximum absolute atomic E-state index is 4.96. The van der Waals surface area contributed by atoms with Crippen molar-refractivity contribution in [2.75, 3.05) is 0 Å². The lowest BCUT2D eigenvalue weighted by atomic mass is 10.5. The summed E-state index contributed by atoms with van der Waals surface area (Å²) in [7, 11) is 0. The van der Waals surface area contributed by atoms with E-state index in [4.69, 9.17) is 4.84 Å². The number of hydrogen-bond acceptors (Lipinski definition) is 4. The van der Waals surface area contributed by atoms with Crippen molar-refractivity contribution in [1.29, 1.82) is 0 Å². The molecule has 1 rings (SSSR count). The quantitative estimate of drug-likeness (QED) is 0.513. The molecular weight excluding hydrogens is 160 g/mol. The molecule has 0 fully saturated rings. The predicted molar refractivity (Wildman–Crippen MR) is 45.9 cm³/mol. The van der Waals surface area contributed by atoms with Gasteiger partial charge in [-0.3, -0.25) is 4.98 Å². The van der Waals surface area contributed by atoms with E-state index in [0.717, 1.165) is 4.88 Å². The van der Waals surface area contributed by atoms with Crippen LogP contribution < -0.4 is 0 Å². The van der Waals surface area contributed by atoms with Crippen LogP contribution in [0.3, 0.4) is 0 Å². The molecule has 0 amide bonds. The van der Waals surface area contributed by atoms with Crippen molar-refractivity contribution < 1.29 is 4.84 Å². The molecule has 0 aromatic carbocycles. The molecule has 1 aromatic rings. The largest absolute Gasteiger partial charge is 0.393 e. The molecule has 0 aliphatic rings. The van der Waals surface area contributed by atoms with Crippen LogP contribution in [0.5, 0.6) is 0 Å². The van der Waals surface area contributed by atoms with Crippen LogP contribution in [-0.4, -0.2) is 17.3 Å². The minimum absolute atomic E-state index is 0.138. The summed E-state index contributed by atoms with van der Waals surface area (Å²) in [4.78, 5) is 9.86. The summed E-state index contributed by atoms with van der Waals surface area (Å²) in [5.74, 6) is 0. The molecule has 0 bridgehead atoms. The topological polar surface area (TPSA) is 34.5 Å². The highest BCUT2D eigenvalue weighted by Crippen LogP contribution is 2.01. The fourth-order valence-corrected chi connectivity index (χ4v) is 0.963.